The highest BCUT2D eigenvalue weighted by Gasteiger charge is 2.30. The topological polar surface area (TPSA) is 72.6 Å². The van der Waals surface area contributed by atoms with Crippen LogP contribution in [0.2, 0.25) is 5.02 Å². The molecular weight excluding hydrogens is 288 g/mol. The van der Waals surface area contributed by atoms with Crippen molar-refractivity contribution in [2.75, 3.05) is 26.2 Å². The number of nitrogens with zero attached hydrogens (tertiary/aromatic N) is 1. The number of benzene rings is 1. The molecule has 0 amide bonds. The van der Waals surface area contributed by atoms with Gasteiger partial charge in [0, 0.05) is 18.1 Å². The van der Waals surface area contributed by atoms with Gasteiger partial charge in [0.1, 0.15) is 12.4 Å². The first kappa shape index (κ1) is 14.6. The molecule has 0 radical (unpaired) electrons. The van der Waals surface area contributed by atoms with Crippen molar-refractivity contribution in [2.24, 2.45) is 5.14 Å². The molecule has 1 unspecified atom stereocenters. The summed E-state index contributed by atoms with van der Waals surface area (Å²) in [6.45, 7) is 2.40. The van der Waals surface area contributed by atoms with Gasteiger partial charge in [0.2, 0.25) is 10.0 Å². The SMILES string of the molecule is NS(=O)(=O)C1CCN(CCOc2cccc(Cl)c2)C1. The monoisotopic (exact) mass is 304 g/mol. The zero-order valence-corrected chi connectivity index (χ0v) is 12.0. The summed E-state index contributed by atoms with van der Waals surface area (Å²) in [6.07, 6.45) is 0.593. The van der Waals surface area contributed by atoms with Gasteiger partial charge < -0.3 is 4.74 Å². The number of likely N-dealkylation sites (tertiary alicyclic amines) is 1. The summed E-state index contributed by atoms with van der Waals surface area (Å²) in [7, 11) is -3.42. The second-order valence-electron chi connectivity index (χ2n) is 4.61. The Kier molecular flexibility index (Phi) is 4.67. The molecule has 2 rings (SSSR count). The Morgan fingerprint density at radius 2 is 2.26 bits per heavy atom. The van der Waals surface area contributed by atoms with Crippen molar-refractivity contribution in [1.82, 2.24) is 4.90 Å². The molecule has 0 aromatic heterocycles. The van der Waals surface area contributed by atoms with Gasteiger partial charge in [0.25, 0.3) is 0 Å². The lowest BCUT2D eigenvalue weighted by Crippen LogP contribution is -2.33. The van der Waals surface area contributed by atoms with E-state index in [1.165, 1.54) is 0 Å². The van der Waals surface area contributed by atoms with Crippen molar-refractivity contribution in [1.29, 1.82) is 0 Å². The number of hydrogen-bond donors (Lipinski definition) is 1. The minimum absolute atomic E-state index is 0.446. The van der Waals surface area contributed by atoms with Crippen molar-refractivity contribution in [2.45, 2.75) is 11.7 Å². The van der Waals surface area contributed by atoms with Gasteiger partial charge in [-0.2, -0.15) is 0 Å². The molecule has 7 heteroatoms. The third-order valence-electron chi connectivity index (χ3n) is 3.17. The van der Waals surface area contributed by atoms with Crippen LogP contribution in [-0.4, -0.2) is 44.8 Å². The minimum Gasteiger partial charge on any atom is -0.492 e. The predicted octanol–water partition coefficient (Wildman–Crippen LogP) is 1.08. The number of halogens is 1. The van der Waals surface area contributed by atoms with Crippen molar-refractivity contribution in [3.05, 3.63) is 29.3 Å². The van der Waals surface area contributed by atoms with Gasteiger partial charge in [-0.05, 0) is 31.2 Å². The lowest BCUT2D eigenvalue weighted by Gasteiger charge is -2.15. The molecule has 0 bridgehead atoms. The first-order valence-electron chi connectivity index (χ1n) is 6.07. The van der Waals surface area contributed by atoms with E-state index in [-0.39, 0.29) is 0 Å². The van der Waals surface area contributed by atoms with E-state index in [4.69, 9.17) is 21.5 Å². The summed E-state index contributed by atoms with van der Waals surface area (Å²) < 4.78 is 28.0. The highest BCUT2D eigenvalue weighted by atomic mass is 35.5. The van der Waals surface area contributed by atoms with E-state index in [2.05, 4.69) is 0 Å². The zero-order chi connectivity index (χ0) is 13.9. The smallest absolute Gasteiger partial charge is 0.213 e. The Morgan fingerprint density at radius 1 is 1.47 bits per heavy atom. The van der Waals surface area contributed by atoms with E-state index < -0.39 is 15.3 Å². The molecule has 1 aliphatic rings. The third kappa shape index (κ3) is 4.35. The molecule has 0 saturated carbocycles. The van der Waals surface area contributed by atoms with E-state index in [9.17, 15) is 8.42 Å². The molecule has 1 saturated heterocycles. The average Bonchev–Trinajstić information content (AvgIpc) is 2.77. The van der Waals surface area contributed by atoms with Crippen LogP contribution in [-0.2, 0) is 10.0 Å². The van der Waals surface area contributed by atoms with Gasteiger partial charge in [0.15, 0.2) is 0 Å². The number of ether oxygens (including phenoxy) is 1. The fourth-order valence-electron chi connectivity index (χ4n) is 2.12. The van der Waals surface area contributed by atoms with Gasteiger partial charge in [0.05, 0.1) is 5.25 Å². The van der Waals surface area contributed by atoms with Crippen LogP contribution in [0.3, 0.4) is 0 Å². The molecule has 0 spiro atoms. The molecule has 106 valence electrons. The molecule has 1 heterocycles. The summed E-state index contributed by atoms with van der Waals surface area (Å²) in [6, 6.07) is 7.19. The maximum atomic E-state index is 11.2. The van der Waals surface area contributed by atoms with Gasteiger partial charge in [-0.15, -0.1) is 0 Å². The molecule has 5 nitrogen and oxygen atoms in total. The quantitative estimate of drug-likeness (QED) is 0.883. The summed E-state index contributed by atoms with van der Waals surface area (Å²) >= 11 is 5.85. The first-order chi connectivity index (χ1) is 8.95. The van der Waals surface area contributed by atoms with Crippen LogP contribution in [0, 0.1) is 0 Å². The van der Waals surface area contributed by atoms with Crippen LogP contribution in [0.5, 0.6) is 5.75 Å². The van der Waals surface area contributed by atoms with Crippen LogP contribution in [0.15, 0.2) is 24.3 Å². The van der Waals surface area contributed by atoms with Gasteiger partial charge in [-0.1, -0.05) is 17.7 Å². The summed E-state index contributed by atoms with van der Waals surface area (Å²) in [5, 5.41) is 5.33. The first-order valence-corrected chi connectivity index (χ1v) is 8.06. The van der Waals surface area contributed by atoms with Crippen molar-refractivity contribution in [3.63, 3.8) is 0 Å². The lowest BCUT2D eigenvalue weighted by molar-refractivity contribution is 0.238. The summed E-state index contributed by atoms with van der Waals surface area (Å²) in [4.78, 5) is 2.04. The molecule has 1 aromatic carbocycles. The van der Waals surface area contributed by atoms with Crippen molar-refractivity contribution < 1.29 is 13.2 Å². The fraction of sp³-hybridized carbons (Fsp3) is 0.500. The van der Waals surface area contributed by atoms with Crippen LogP contribution in [0.25, 0.3) is 0 Å². The zero-order valence-electron chi connectivity index (χ0n) is 10.5. The van der Waals surface area contributed by atoms with Crippen molar-refractivity contribution >= 4 is 21.6 Å². The van der Waals surface area contributed by atoms with Gasteiger partial charge >= 0.3 is 0 Å². The van der Waals surface area contributed by atoms with E-state index in [1.807, 2.05) is 17.0 Å². The molecule has 1 aromatic rings. The minimum atomic E-state index is -3.42. The molecule has 1 fully saturated rings. The highest BCUT2D eigenvalue weighted by Crippen LogP contribution is 2.18. The second kappa shape index (κ2) is 6.09. The molecule has 19 heavy (non-hydrogen) atoms. The number of primary sulfonamides is 1. The van der Waals surface area contributed by atoms with E-state index >= 15 is 0 Å². The normalized spacial score (nSPS) is 20.6. The Hall–Kier alpha value is -0.820. The maximum absolute atomic E-state index is 11.2. The number of sulfonamides is 1. The Labute approximate surface area is 118 Å². The molecule has 2 N–H and O–H groups in total. The van der Waals surface area contributed by atoms with Gasteiger partial charge in [-0.25, -0.2) is 13.6 Å². The Balaban J connectivity index is 1.76. The summed E-state index contributed by atoms with van der Waals surface area (Å²) in [5.74, 6) is 0.717. The second-order valence-corrected chi connectivity index (χ2v) is 6.89. The fourth-order valence-corrected chi connectivity index (χ4v) is 3.15. The van der Waals surface area contributed by atoms with E-state index in [0.717, 1.165) is 12.3 Å². The van der Waals surface area contributed by atoms with Crippen LogP contribution in [0.4, 0.5) is 0 Å². The van der Waals surface area contributed by atoms with Crippen LogP contribution in [0.1, 0.15) is 6.42 Å². The molecule has 0 aliphatic carbocycles. The summed E-state index contributed by atoms with van der Waals surface area (Å²) in [5.41, 5.74) is 0. The predicted molar refractivity (Wildman–Crippen MR) is 74.9 cm³/mol. The number of nitrogens with two attached hydrogens (primary N) is 1. The Bertz CT molecular complexity index is 536. The van der Waals surface area contributed by atoms with E-state index in [0.29, 0.717) is 31.1 Å². The van der Waals surface area contributed by atoms with Crippen LogP contribution >= 0.6 is 11.6 Å². The highest BCUT2D eigenvalue weighted by molar-refractivity contribution is 7.89. The third-order valence-corrected chi connectivity index (χ3v) is 4.72. The standard InChI is InChI=1S/C12H17ClN2O3S/c13-10-2-1-3-11(8-10)18-7-6-15-5-4-12(9-15)19(14,16)17/h1-3,8,12H,4-7,9H2,(H2,14,16,17). The maximum Gasteiger partial charge on any atom is 0.213 e. The van der Waals surface area contributed by atoms with Gasteiger partial charge in [-0.3, -0.25) is 4.90 Å². The molecule has 1 aliphatic heterocycles. The Morgan fingerprint density at radius 3 is 2.89 bits per heavy atom. The largest absolute Gasteiger partial charge is 0.492 e. The van der Waals surface area contributed by atoms with Crippen LogP contribution < -0.4 is 9.88 Å². The molecular formula is C12H17ClN2O3S. The molecule has 1 atom stereocenters. The number of hydrogen-bond acceptors (Lipinski definition) is 4. The average molecular weight is 305 g/mol. The lowest BCUT2D eigenvalue weighted by atomic mass is 10.3. The number of rotatable bonds is 5. The van der Waals surface area contributed by atoms with Crippen molar-refractivity contribution in [3.8, 4) is 5.75 Å². The van der Waals surface area contributed by atoms with E-state index in [1.54, 1.807) is 12.1 Å².